The summed E-state index contributed by atoms with van der Waals surface area (Å²) in [6, 6.07) is 4.67. The maximum atomic E-state index is 12.6. The standard InChI is InChI=1S/C11H12F3N/c1-7-5-8-3-2-4-10(11(12,13)14)9(8)6-15-7/h2-4,7,15H,5-6H2,1H3. The average Bonchev–Trinajstić information content (AvgIpc) is 2.15. The Bertz CT molecular complexity index is 371. The van der Waals surface area contributed by atoms with Crippen LogP contribution in [0.4, 0.5) is 13.2 Å². The molecule has 1 aromatic rings. The first-order valence-electron chi connectivity index (χ1n) is 4.90. The highest BCUT2D eigenvalue weighted by Gasteiger charge is 2.34. The van der Waals surface area contributed by atoms with Gasteiger partial charge in [0.25, 0.3) is 0 Å². The molecule has 1 atom stereocenters. The molecule has 0 aromatic heterocycles. The maximum Gasteiger partial charge on any atom is 0.416 e. The van der Waals surface area contributed by atoms with Gasteiger partial charge in [0, 0.05) is 12.6 Å². The first-order valence-corrected chi connectivity index (χ1v) is 4.90. The van der Waals surface area contributed by atoms with Crippen molar-refractivity contribution in [2.75, 3.05) is 0 Å². The molecule has 1 aliphatic heterocycles. The molecular formula is C11H12F3N. The minimum Gasteiger partial charge on any atom is -0.310 e. The van der Waals surface area contributed by atoms with Crippen molar-refractivity contribution < 1.29 is 13.2 Å². The number of halogens is 3. The molecule has 1 heterocycles. The summed E-state index contributed by atoms with van der Waals surface area (Å²) in [7, 11) is 0. The number of alkyl halides is 3. The van der Waals surface area contributed by atoms with Crippen molar-refractivity contribution in [1.82, 2.24) is 5.32 Å². The highest BCUT2D eigenvalue weighted by molar-refractivity contribution is 5.39. The molecule has 0 saturated heterocycles. The van der Waals surface area contributed by atoms with Crippen LogP contribution in [-0.4, -0.2) is 6.04 Å². The van der Waals surface area contributed by atoms with Gasteiger partial charge in [0.15, 0.2) is 0 Å². The van der Waals surface area contributed by atoms with E-state index >= 15 is 0 Å². The molecule has 2 rings (SSSR count). The summed E-state index contributed by atoms with van der Waals surface area (Å²) in [4.78, 5) is 0. The predicted octanol–water partition coefficient (Wildman–Crippen LogP) is 2.74. The van der Waals surface area contributed by atoms with E-state index in [1.54, 1.807) is 6.07 Å². The van der Waals surface area contributed by atoms with E-state index in [1.165, 1.54) is 6.07 Å². The van der Waals surface area contributed by atoms with E-state index in [2.05, 4.69) is 5.32 Å². The molecule has 1 aliphatic rings. The fraction of sp³-hybridized carbons (Fsp3) is 0.455. The summed E-state index contributed by atoms with van der Waals surface area (Å²) in [6.45, 7) is 2.29. The van der Waals surface area contributed by atoms with Gasteiger partial charge in [-0.3, -0.25) is 0 Å². The van der Waals surface area contributed by atoms with Crippen LogP contribution >= 0.6 is 0 Å². The fourth-order valence-corrected chi connectivity index (χ4v) is 1.98. The van der Waals surface area contributed by atoms with Gasteiger partial charge in [-0.25, -0.2) is 0 Å². The molecule has 0 aliphatic carbocycles. The third kappa shape index (κ3) is 2.00. The molecule has 0 fully saturated rings. The van der Waals surface area contributed by atoms with Crippen molar-refractivity contribution in [3.05, 3.63) is 34.9 Å². The Kier molecular flexibility index (Phi) is 2.46. The maximum absolute atomic E-state index is 12.6. The Morgan fingerprint density at radius 2 is 2.07 bits per heavy atom. The largest absolute Gasteiger partial charge is 0.416 e. The smallest absolute Gasteiger partial charge is 0.310 e. The van der Waals surface area contributed by atoms with Crippen LogP contribution in [0.15, 0.2) is 18.2 Å². The zero-order valence-electron chi connectivity index (χ0n) is 8.36. The van der Waals surface area contributed by atoms with Crippen LogP contribution < -0.4 is 5.32 Å². The summed E-state index contributed by atoms with van der Waals surface area (Å²) < 4.78 is 37.9. The summed E-state index contributed by atoms with van der Waals surface area (Å²) in [5, 5.41) is 3.05. The van der Waals surface area contributed by atoms with Crippen molar-refractivity contribution in [3.63, 3.8) is 0 Å². The quantitative estimate of drug-likeness (QED) is 0.701. The van der Waals surface area contributed by atoms with Gasteiger partial charge in [0.05, 0.1) is 5.56 Å². The molecule has 0 bridgehead atoms. The molecule has 1 N–H and O–H groups in total. The van der Waals surface area contributed by atoms with E-state index in [0.29, 0.717) is 18.5 Å². The predicted molar refractivity (Wildman–Crippen MR) is 51.4 cm³/mol. The third-order valence-electron chi connectivity index (χ3n) is 2.73. The van der Waals surface area contributed by atoms with Crippen LogP contribution in [0, 0.1) is 0 Å². The lowest BCUT2D eigenvalue weighted by Crippen LogP contribution is -2.34. The lowest BCUT2D eigenvalue weighted by Gasteiger charge is -2.25. The van der Waals surface area contributed by atoms with Gasteiger partial charge in [-0.05, 0) is 30.5 Å². The Balaban J connectivity index is 2.47. The average molecular weight is 215 g/mol. The molecule has 4 heteroatoms. The minimum atomic E-state index is -4.24. The number of fused-ring (bicyclic) bond motifs is 1. The molecule has 1 aromatic carbocycles. The monoisotopic (exact) mass is 215 g/mol. The molecule has 1 nitrogen and oxygen atoms in total. The highest BCUT2D eigenvalue weighted by atomic mass is 19.4. The number of hydrogen-bond acceptors (Lipinski definition) is 1. The second-order valence-electron chi connectivity index (χ2n) is 3.93. The molecule has 0 spiro atoms. The molecule has 0 saturated carbocycles. The van der Waals surface area contributed by atoms with Gasteiger partial charge in [-0.2, -0.15) is 13.2 Å². The molecule has 82 valence electrons. The van der Waals surface area contributed by atoms with E-state index in [0.717, 1.165) is 11.6 Å². The Hall–Kier alpha value is -1.03. The van der Waals surface area contributed by atoms with Crippen LogP contribution in [0.2, 0.25) is 0 Å². The first-order chi connectivity index (χ1) is 6.98. The molecular weight excluding hydrogens is 203 g/mol. The summed E-state index contributed by atoms with van der Waals surface area (Å²) >= 11 is 0. The number of nitrogens with one attached hydrogen (secondary N) is 1. The lowest BCUT2D eigenvalue weighted by atomic mass is 9.92. The van der Waals surface area contributed by atoms with Crippen molar-refractivity contribution in [3.8, 4) is 0 Å². The van der Waals surface area contributed by atoms with Crippen molar-refractivity contribution in [2.45, 2.75) is 32.1 Å². The van der Waals surface area contributed by atoms with E-state index < -0.39 is 11.7 Å². The Morgan fingerprint density at radius 3 is 2.73 bits per heavy atom. The van der Waals surface area contributed by atoms with Crippen molar-refractivity contribution >= 4 is 0 Å². The number of benzene rings is 1. The van der Waals surface area contributed by atoms with Crippen LogP contribution in [0.1, 0.15) is 23.6 Å². The van der Waals surface area contributed by atoms with E-state index in [1.807, 2.05) is 6.92 Å². The van der Waals surface area contributed by atoms with Crippen molar-refractivity contribution in [1.29, 1.82) is 0 Å². The third-order valence-corrected chi connectivity index (χ3v) is 2.73. The van der Waals surface area contributed by atoms with Crippen LogP contribution in [0.3, 0.4) is 0 Å². The normalized spacial score (nSPS) is 21.2. The summed E-state index contributed by atoms with van der Waals surface area (Å²) in [6.07, 6.45) is -3.58. The lowest BCUT2D eigenvalue weighted by molar-refractivity contribution is -0.138. The van der Waals surface area contributed by atoms with E-state index in [9.17, 15) is 13.2 Å². The fourth-order valence-electron chi connectivity index (χ4n) is 1.98. The van der Waals surface area contributed by atoms with Crippen molar-refractivity contribution in [2.24, 2.45) is 0 Å². The second-order valence-corrected chi connectivity index (χ2v) is 3.93. The van der Waals surface area contributed by atoms with Crippen LogP contribution in [0.25, 0.3) is 0 Å². The zero-order chi connectivity index (χ0) is 11.1. The Morgan fingerprint density at radius 1 is 1.33 bits per heavy atom. The van der Waals surface area contributed by atoms with Gasteiger partial charge in [0.2, 0.25) is 0 Å². The van der Waals surface area contributed by atoms with Gasteiger partial charge < -0.3 is 5.32 Å². The van der Waals surface area contributed by atoms with Crippen LogP contribution in [0.5, 0.6) is 0 Å². The first kappa shape index (κ1) is 10.5. The van der Waals surface area contributed by atoms with Crippen LogP contribution in [-0.2, 0) is 19.1 Å². The molecule has 1 unspecified atom stereocenters. The Labute approximate surface area is 86.3 Å². The minimum absolute atomic E-state index is 0.251. The summed E-state index contributed by atoms with van der Waals surface area (Å²) in [5.74, 6) is 0. The van der Waals surface area contributed by atoms with E-state index in [-0.39, 0.29) is 6.04 Å². The second kappa shape index (κ2) is 3.52. The number of hydrogen-bond donors (Lipinski definition) is 1. The van der Waals surface area contributed by atoms with Gasteiger partial charge >= 0.3 is 6.18 Å². The summed E-state index contributed by atoms with van der Waals surface area (Å²) in [5.41, 5.74) is 0.721. The van der Waals surface area contributed by atoms with E-state index in [4.69, 9.17) is 0 Å². The molecule has 0 amide bonds. The van der Waals surface area contributed by atoms with Gasteiger partial charge in [0.1, 0.15) is 0 Å². The number of rotatable bonds is 0. The SMILES string of the molecule is CC1Cc2cccc(C(F)(F)F)c2CN1. The topological polar surface area (TPSA) is 12.0 Å². The molecule has 15 heavy (non-hydrogen) atoms. The zero-order valence-corrected chi connectivity index (χ0v) is 8.36. The highest BCUT2D eigenvalue weighted by Crippen LogP contribution is 2.34. The molecule has 0 radical (unpaired) electrons. The van der Waals surface area contributed by atoms with Gasteiger partial charge in [-0.15, -0.1) is 0 Å². The van der Waals surface area contributed by atoms with Gasteiger partial charge in [-0.1, -0.05) is 12.1 Å².